The Bertz CT molecular complexity index is 5630. The molecule has 8 aliphatic rings. The van der Waals surface area contributed by atoms with Crippen LogP contribution in [0.3, 0.4) is 0 Å². The number of phenols is 1. The monoisotopic (exact) mass is 1860 g/mol. The highest BCUT2D eigenvalue weighted by molar-refractivity contribution is 6.00. The van der Waals surface area contributed by atoms with Crippen LogP contribution < -0.4 is 24.8 Å². The molecule has 1 atom stereocenters. The average molecular weight is 1860 g/mol. The van der Waals surface area contributed by atoms with Gasteiger partial charge in [-0.05, 0) is 246 Å². The van der Waals surface area contributed by atoms with Gasteiger partial charge in [-0.2, -0.15) is 65.9 Å². The number of amides is 4. The number of piperidine rings is 4. The summed E-state index contributed by atoms with van der Waals surface area (Å²) >= 11 is 0. The van der Waals surface area contributed by atoms with Crippen LogP contribution in [0.2, 0.25) is 0 Å². The first-order valence-corrected chi connectivity index (χ1v) is 43.1. The molecule has 4 spiro atoms. The topological polar surface area (TPSA) is 234 Å². The summed E-state index contributed by atoms with van der Waals surface area (Å²) < 4.78 is 220. The van der Waals surface area contributed by atoms with Crippen molar-refractivity contribution in [3.8, 4) is 23.0 Å². The van der Waals surface area contributed by atoms with Crippen molar-refractivity contribution in [1.29, 1.82) is 0 Å². The number of carbonyl (C=O) groups excluding carboxylic acids is 6. The number of phenolic OH excluding ortho intramolecular Hbond substituents is 1. The van der Waals surface area contributed by atoms with Gasteiger partial charge in [-0.15, -0.1) is 0 Å². The van der Waals surface area contributed by atoms with Crippen molar-refractivity contribution in [3.63, 3.8) is 0 Å². The normalized spacial score (nSPS) is 19.4. The fourth-order valence-corrected chi connectivity index (χ4v) is 20.6. The van der Waals surface area contributed by atoms with Crippen LogP contribution >= 0.6 is 0 Å². The third-order valence-corrected chi connectivity index (χ3v) is 27.3. The Labute approximate surface area is 753 Å². The van der Waals surface area contributed by atoms with E-state index in [1.165, 1.54) is 68.2 Å². The lowest BCUT2D eigenvalue weighted by Gasteiger charge is -2.55. The maximum atomic E-state index is 13.4. The number of ether oxygens (including phenoxy) is 3. The Hall–Kier alpha value is -10.8. The molecule has 4 aromatic carbocycles. The molecule has 4 saturated heterocycles. The zero-order valence-corrected chi connectivity index (χ0v) is 74.6. The predicted molar refractivity (Wildman–Crippen MR) is 461 cm³/mol. The van der Waals surface area contributed by atoms with Crippen LogP contribution in [0, 0.1) is 13.8 Å². The number of nitrogens with zero attached hydrogens (tertiary/aromatic N) is 10. The second-order valence-electron chi connectivity index (χ2n) is 36.2. The first kappa shape index (κ1) is 97.7. The number of halogens is 15. The van der Waals surface area contributed by atoms with Gasteiger partial charge in [0.2, 0.25) is 0 Å². The lowest BCUT2D eigenvalue weighted by atomic mass is 9.78. The Morgan fingerprint density at radius 2 is 0.908 bits per heavy atom. The maximum absolute atomic E-state index is 13.4. The van der Waals surface area contributed by atoms with Crippen LogP contribution in [0.5, 0.6) is 23.0 Å². The van der Waals surface area contributed by atoms with Gasteiger partial charge in [0.15, 0.2) is 11.5 Å². The van der Waals surface area contributed by atoms with E-state index < -0.39 is 105 Å². The van der Waals surface area contributed by atoms with E-state index in [0.717, 1.165) is 47.7 Å². The van der Waals surface area contributed by atoms with Crippen LogP contribution in [0.4, 0.5) is 65.9 Å². The Morgan fingerprint density at radius 1 is 0.458 bits per heavy atom. The molecule has 4 fully saturated rings. The summed E-state index contributed by atoms with van der Waals surface area (Å²) in [7, 11) is 7.97. The summed E-state index contributed by atoms with van der Waals surface area (Å²) in [5.74, 6) is -4.16. The van der Waals surface area contributed by atoms with Crippen LogP contribution in [0.25, 0.3) is 0 Å². The molecule has 131 heavy (non-hydrogen) atoms. The van der Waals surface area contributed by atoms with Crippen molar-refractivity contribution in [2.45, 2.75) is 190 Å². The largest absolute Gasteiger partial charge is 0.504 e. The molecule has 8 aliphatic heterocycles. The number of methoxy groups -OCH3 is 3. The number of rotatable bonds is 11. The Morgan fingerprint density at radius 3 is 1.40 bits per heavy atom. The van der Waals surface area contributed by atoms with E-state index in [9.17, 15) is 105 Å². The van der Waals surface area contributed by atoms with E-state index >= 15 is 0 Å². The molecule has 38 heteroatoms. The van der Waals surface area contributed by atoms with Crippen molar-refractivity contribution in [2.75, 3.05) is 114 Å². The first-order chi connectivity index (χ1) is 61.2. The van der Waals surface area contributed by atoms with E-state index in [2.05, 4.69) is 15.5 Å². The number of nitrogens with one attached hydrogen (secondary N) is 2. The number of aromatic nitrogens is 4. The molecule has 4 aromatic heterocycles. The molecule has 0 aliphatic carbocycles. The molecule has 23 nitrogen and oxygen atoms in total. The van der Waals surface area contributed by atoms with Gasteiger partial charge in [0.05, 0.1) is 78.0 Å². The predicted octanol–water partition coefficient (Wildman–Crippen LogP) is 17.1. The van der Waals surface area contributed by atoms with Gasteiger partial charge in [-0.25, -0.2) is 0 Å². The fourth-order valence-electron chi connectivity index (χ4n) is 20.6. The zero-order chi connectivity index (χ0) is 95.8. The molecule has 8 aromatic rings. The van der Waals surface area contributed by atoms with Gasteiger partial charge in [-0.1, -0.05) is 6.07 Å². The third kappa shape index (κ3) is 19.3. The van der Waals surface area contributed by atoms with Gasteiger partial charge >= 0.3 is 30.9 Å². The molecule has 0 radical (unpaired) electrons. The molecule has 16 rings (SSSR count). The van der Waals surface area contributed by atoms with E-state index in [-0.39, 0.29) is 77.4 Å². The van der Waals surface area contributed by atoms with Crippen LogP contribution in [0.15, 0.2) is 121 Å². The summed E-state index contributed by atoms with van der Waals surface area (Å²) in [6.07, 6.45) is -20.0. The number of aryl methyl sites for hydroxylation is 2. The van der Waals surface area contributed by atoms with Crippen LogP contribution in [0.1, 0.15) is 217 Å². The molecule has 4 amide bonds. The fraction of sp³-hybridized carbons (Fsp3) is 0.505. The van der Waals surface area contributed by atoms with Gasteiger partial charge in [-0.3, -0.25) is 38.6 Å². The van der Waals surface area contributed by atoms with Gasteiger partial charge < -0.3 is 72.9 Å². The molecule has 0 saturated carbocycles. The number of fused-ring (bicyclic) bond motifs is 8. The van der Waals surface area contributed by atoms with Gasteiger partial charge in [0.25, 0.3) is 35.2 Å². The molecule has 4 N–H and O–H groups in total. The van der Waals surface area contributed by atoms with Crippen molar-refractivity contribution >= 4 is 35.2 Å². The quantitative estimate of drug-likeness (QED) is 0.0696. The molecular weight excluding hydrogens is 1750 g/mol. The van der Waals surface area contributed by atoms with Gasteiger partial charge in [0, 0.05) is 154 Å². The standard InChI is InChI=1S/C25H27F6N3O3.C25H32F3N3O2.C23H26F3N3O3.C20H22F3N3O3.4H2/c1-22(2)14-32(3)23(19-8-6-17(34(19)22)20(35)25(29,30)31)9-11-33(12-10-23)21(36)15-5-7-18(37-4)16(13-15)24(26,27)28;1-17-15-18(5-7-20(17)23(2,3)33)22(32)30-11-9-24(10-12-30)21-8-6-19(16-25(26,27)28)31(21)14-13-29(24)4;1-14-12-16(4-6-18(14)32-3)21(31)28-10-8-22(9-11-28)19-7-5-17(20(30)23(24,25)26)29(19)15(2)13-27-22;1-29-15-12-13(2-3-14(15)27)18(28)25-9-6-19(7-10-25)16-4-5-17(20(21,22)23)26(16)11-8-24-19;;;;/h5-8,13H,9-12,14H2,1-4H3;5-8,15,33H,9-14,16H2,1-4H3;4-7,12,15,27H,8-11,13H2,1-3H3;2-5,12,24,27H,6-11H2,1H3;4*1H. The number of likely N-dealkylation sites (tertiary alicyclic amines) is 4. The van der Waals surface area contributed by atoms with E-state index in [1.54, 1.807) is 100 Å². The number of ketones is 2. The highest BCUT2D eigenvalue weighted by Crippen LogP contribution is 2.50. The smallest absolute Gasteiger partial charge is 0.456 e. The number of aromatic hydroxyl groups is 1. The van der Waals surface area contributed by atoms with E-state index in [0.29, 0.717) is 169 Å². The highest BCUT2D eigenvalue weighted by Gasteiger charge is 2.55. The van der Waals surface area contributed by atoms with Crippen molar-refractivity contribution in [2.24, 2.45) is 0 Å². The van der Waals surface area contributed by atoms with E-state index in [4.69, 9.17) is 14.2 Å². The summed E-state index contributed by atoms with van der Waals surface area (Å²) in [5, 5.41) is 26.9. The second kappa shape index (κ2) is 36.3. The average Bonchev–Trinajstić information content (AvgIpc) is 1.60. The van der Waals surface area contributed by atoms with Gasteiger partial charge in [0.1, 0.15) is 17.2 Å². The minimum absolute atomic E-state index is 0. The first-order valence-electron chi connectivity index (χ1n) is 43.1. The number of hydrogen-bond donors (Lipinski definition) is 4. The summed E-state index contributed by atoms with van der Waals surface area (Å²) in [6.45, 7) is 18.4. The number of hydrogen-bond acceptors (Lipinski definition) is 15. The van der Waals surface area contributed by atoms with Crippen LogP contribution in [-0.4, -0.2) is 226 Å². The maximum Gasteiger partial charge on any atom is 0.456 e. The highest BCUT2D eigenvalue weighted by atomic mass is 19.4. The number of Topliss-reactive ketones (excluding diaryl/α,β-unsaturated/α-hetero) is 2. The number of likely N-dealkylation sites (N-methyl/N-ethyl adjacent to an activating group) is 2. The SMILES string of the molecule is COc1cc(C(=O)N2CCC3(CC2)NCCn2c(C(F)(F)F)ccc23)ccc1O.COc1ccc(C(=O)N2CCC3(CC2)NCC(C)n2c(C(=O)C(F)(F)F)ccc23)cc1C.COc1ccc(C(=O)N2CCC3(CC2)c2ccc(C(=O)C(F)(F)F)n2C(C)(C)CN3C)cc1C(F)(F)F.Cc1cc(C(=O)N2CCC3(CC2)c2ccc(CC(F)(F)F)n2CCN3C)ccc1C(C)(C)O.[HH].[HH].[HH].[HH]. The molecule has 718 valence electrons. The number of aliphatic hydroxyl groups is 1. The zero-order valence-electron chi connectivity index (χ0n) is 74.6. The van der Waals surface area contributed by atoms with Crippen LogP contribution in [-0.2, 0) is 65.2 Å². The van der Waals surface area contributed by atoms with Crippen molar-refractivity contribution < 1.29 is 125 Å². The molecule has 0 bridgehead atoms. The lowest BCUT2D eigenvalue weighted by molar-refractivity contribution is -0.144. The minimum Gasteiger partial charge on any atom is -0.504 e. The summed E-state index contributed by atoms with van der Waals surface area (Å²) in [4.78, 5) is 87.3. The molecule has 12 heterocycles. The molecular formula is C93H115F15N12O11. The minimum atomic E-state index is -5.02. The summed E-state index contributed by atoms with van der Waals surface area (Å²) in [6, 6.07) is 29.7. The second-order valence-corrected chi connectivity index (χ2v) is 36.2. The third-order valence-electron chi connectivity index (χ3n) is 27.3. The Balaban J connectivity index is 0.000000201. The number of carbonyl (C=O) groups is 6. The van der Waals surface area contributed by atoms with Crippen molar-refractivity contribution in [3.05, 3.63) is 211 Å². The number of alkyl halides is 15. The van der Waals surface area contributed by atoms with E-state index in [1.807, 2.05) is 54.4 Å². The lowest BCUT2D eigenvalue weighted by Crippen LogP contribution is -2.61. The number of benzene rings is 4. The Kier molecular flexibility index (Phi) is 27.1. The molecule has 1 unspecified atom stereocenters. The summed E-state index contributed by atoms with van der Waals surface area (Å²) in [5.41, 5.74) is 0.591. The van der Waals surface area contributed by atoms with Crippen molar-refractivity contribution in [1.82, 2.24) is 58.3 Å².